The Kier molecular flexibility index (Phi) is 8.32. The average molecular weight is 506 g/mol. The number of aliphatic imine (C=N–C) groups is 1. The van der Waals surface area contributed by atoms with Crippen molar-refractivity contribution >= 4 is 29.9 Å². The fourth-order valence-corrected chi connectivity index (χ4v) is 4.24. The zero-order chi connectivity index (χ0) is 19.2. The van der Waals surface area contributed by atoms with Gasteiger partial charge in [-0.05, 0) is 17.5 Å². The molecule has 0 saturated carbocycles. The lowest BCUT2D eigenvalue weighted by atomic mass is 10.1. The summed E-state index contributed by atoms with van der Waals surface area (Å²) >= 11 is 0. The molecule has 0 aliphatic carbocycles. The molecule has 0 aromatic heterocycles. The molecule has 5 nitrogen and oxygen atoms in total. The maximum absolute atomic E-state index is 6.10. The molecule has 4 rings (SSSR count). The molecule has 2 aromatic rings. The summed E-state index contributed by atoms with van der Waals surface area (Å²) in [6.45, 7) is 5.53. The van der Waals surface area contributed by atoms with Gasteiger partial charge in [-0.1, -0.05) is 60.7 Å². The minimum absolute atomic E-state index is 0. The minimum atomic E-state index is 0. The van der Waals surface area contributed by atoms with Gasteiger partial charge in [0.15, 0.2) is 5.96 Å². The highest BCUT2D eigenvalue weighted by Gasteiger charge is 2.41. The number of fused-ring (bicyclic) bond motifs is 1. The van der Waals surface area contributed by atoms with Gasteiger partial charge in [-0.2, -0.15) is 0 Å². The molecule has 2 aromatic carbocycles. The third-order valence-corrected chi connectivity index (χ3v) is 5.70. The third-order valence-electron chi connectivity index (χ3n) is 5.70. The molecule has 156 valence electrons. The number of likely N-dealkylation sites (tertiary alicyclic amines) is 1. The molecule has 0 amide bonds. The van der Waals surface area contributed by atoms with Crippen LogP contribution >= 0.6 is 24.0 Å². The van der Waals surface area contributed by atoms with Gasteiger partial charge < -0.3 is 15.0 Å². The van der Waals surface area contributed by atoms with Crippen LogP contribution in [-0.4, -0.2) is 67.7 Å². The number of hydrogen-bond donors (Lipinski definition) is 1. The number of morpholine rings is 1. The van der Waals surface area contributed by atoms with Crippen LogP contribution < -0.4 is 5.32 Å². The van der Waals surface area contributed by atoms with Crippen LogP contribution in [0.2, 0.25) is 0 Å². The quantitative estimate of drug-likeness (QED) is 0.385. The monoisotopic (exact) mass is 506 g/mol. The summed E-state index contributed by atoms with van der Waals surface area (Å²) in [5.41, 5.74) is 2.71. The fraction of sp³-hybridized carbons (Fsp3) is 0.435. The molecule has 2 saturated heterocycles. The van der Waals surface area contributed by atoms with E-state index in [1.807, 2.05) is 7.05 Å². The Morgan fingerprint density at radius 1 is 1.03 bits per heavy atom. The van der Waals surface area contributed by atoms with Crippen LogP contribution in [0.25, 0.3) is 0 Å². The molecule has 2 aliphatic heterocycles. The number of rotatable bonds is 5. The molecule has 0 spiro atoms. The second-order valence-electron chi connectivity index (χ2n) is 7.55. The topological polar surface area (TPSA) is 40.1 Å². The van der Waals surface area contributed by atoms with E-state index in [-0.39, 0.29) is 30.1 Å². The van der Waals surface area contributed by atoms with Gasteiger partial charge in [0, 0.05) is 39.8 Å². The predicted molar refractivity (Wildman–Crippen MR) is 129 cm³/mol. The number of nitrogens with one attached hydrogen (secondary N) is 1. The standard InChI is InChI=1S/C23H30N4O.HI/c1-24-23(25-13-12-19-8-4-2-5-9-19)27-17-21-22(18-27)28-15-14-26(21)16-20-10-6-3-7-11-20;/h2-11,21-22H,12-18H2,1H3,(H,24,25);1H. The summed E-state index contributed by atoms with van der Waals surface area (Å²) in [6.07, 6.45) is 1.25. The summed E-state index contributed by atoms with van der Waals surface area (Å²) < 4.78 is 6.10. The van der Waals surface area contributed by atoms with Gasteiger partial charge in [-0.25, -0.2) is 0 Å². The van der Waals surface area contributed by atoms with Crippen LogP contribution in [0.15, 0.2) is 65.7 Å². The number of hydrogen-bond acceptors (Lipinski definition) is 3. The van der Waals surface area contributed by atoms with E-state index < -0.39 is 0 Å². The molecule has 29 heavy (non-hydrogen) atoms. The third kappa shape index (κ3) is 5.71. The Balaban J connectivity index is 0.00000240. The zero-order valence-corrected chi connectivity index (χ0v) is 19.4. The second-order valence-corrected chi connectivity index (χ2v) is 7.55. The Bertz CT molecular complexity index is 771. The molecule has 2 unspecified atom stereocenters. The van der Waals surface area contributed by atoms with E-state index in [9.17, 15) is 0 Å². The number of halogens is 1. The summed E-state index contributed by atoms with van der Waals surface area (Å²) in [4.78, 5) is 9.45. The highest BCUT2D eigenvalue weighted by Crippen LogP contribution is 2.24. The van der Waals surface area contributed by atoms with Gasteiger partial charge in [0.25, 0.3) is 0 Å². The Morgan fingerprint density at radius 2 is 1.72 bits per heavy atom. The number of guanidine groups is 1. The average Bonchev–Trinajstić information content (AvgIpc) is 3.18. The van der Waals surface area contributed by atoms with Crippen molar-refractivity contribution in [3.05, 3.63) is 71.8 Å². The summed E-state index contributed by atoms with van der Waals surface area (Å²) in [5, 5.41) is 3.54. The molecular formula is C23H31IN4O. The first-order valence-electron chi connectivity index (χ1n) is 10.2. The van der Waals surface area contributed by atoms with Crippen LogP contribution in [0.3, 0.4) is 0 Å². The highest BCUT2D eigenvalue weighted by molar-refractivity contribution is 14.0. The minimum Gasteiger partial charge on any atom is -0.373 e. The zero-order valence-electron chi connectivity index (χ0n) is 17.0. The van der Waals surface area contributed by atoms with Crippen molar-refractivity contribution in [2.45, 2.75) is 25.1 Å². The molecule has 2 aliphatic rings. The largest absolute Gasteiger partial charge is 0.373 e. The van der Waals surface area contributed by atoms with Crippen molar-refractivity contribution in [1.29, 1.82) is 0 Å². The van der Waals surface area contributed by atoms with Crippen LogP contribution in [-0.2, 0) is 17.7 Å². The van der Waals surface area contributed by atoms with Crippen molar-refractivity contribution in [2.75, 3.05) is 39.8 Å². The van der Waals surface area contributed by atoms with E-state index in [0.717, 1.165) is 51.7 Å². The Labute approximate surface area is 191 Å². The maximum Gasteiger partial charge on any atom is 0.193 e. The normalized spacial score (nSPS) is 22.1. The van der Waals surface area contributed by atoms with Crippen molar-refractivity contribution in [1.82, 2.24) is 15.1 Å². The molecule has 2 atom stereocenters. The number of ether oxygens (including phenoxy) is 1. The van der Waals surface area contributed by atoms with Gasteiger partial charge in [0.2, 0.25) is 0 Å². The smallest absolute Gasteiger partial charge is 0.193 e. The van der Waals surface area contributed by atoms with E-state index in [0.29, 0.717) is 6.04 Å². The summed E-state index contributed by atoms with van der Waals surface area (Å²) in [6, 6.07) is 21.7. The number of nitrogens with zero attached hydrogens (tertiary/aromatic N) is 3. The van der Waals surface area contributed by atoms with E-state index in [1.54, 1.807) is 0 Å². The summed E-state index contributed by atoms with van der Waals surface area (Å²) in [7, 11) is 1.87. The van der Waals surface area contributed by atoms with Crippen molar-refractivity contribution in [3.8, 4) is 0 Å². The first kappa shape index (κ1) is 22.1. The van der Waals surface area contributed by atoms with Crippen molar-refractivity contribution in [3.63, 3.8) is 0 Å². The fourth-order valence-electron chi connectivity index (χ4n) is 4.24. The lowest BCUT2D eigenvalue weighted by Crippen LogP contribution is -2.50. The van der Waals surface area contributed by atoms with Crippen LogP contribution in [0.1, 0.15) is 11.1 Å². The van der Waals surface area contributed by atoms with Gasteiger partial charge in [-0.15, -0.1) is 24.0 Å². The Hall–Kier alpha value is -1.64. The van der Waals surface area contributed by atoms with E-state index >= 15 is 0 Å². The van der Waals surface area contributed by atoms with Crippen molar-refractivity contribution in [2.24, 2.45) is 4.99 Å². The molecule has 2 fully saturated rings. The van der Waals surface area contributed by atoms with Crippen LogP contribution in [0, 0.1) is 0 Å². The van der Waals surface area contributed by atoms with E-state index in [4.69, 9.17) is 4.74 Å². The molecule has 0 radical (unpaired) electrons. The van der Waals surface area contributed by atoms with Crippen LogP contribution in [0.5, 0.6) is 0 Å². The van der Waals surface area contributed by atoms with E-state index in [2.05, 4.69) is 80.8 Å². The summed E-state index contributed by atoms with van der Waals surface area (Å²) in [5.74, 6) is 0.980. The number of benzene rings is 2. The predicted octanol–water partition coefficient (Wildman–Crippen LogP) is 3.01. The molecule has 2 heterocycles. The first-order valence-corrected chi connectivity index (χ1v) is 10.2. The Morgan fingerprint density at radius 3 is 2.41 bits per heavy atom. The first-order chi connectivity index (χ1) is 13.8. The highest BCUT2D eigenvalue weighted by atomic mass is 127. The van der Waals surface area contributed by atoms with Gasteiger partial charge in [0.05, 0.1) is 18.8 Å². The maximum atomic E-state index is 6.10. The molecule has 1 N–H and O–H groups in total. The molecule has 6 heteroatoms. The second kappa shape index (κ2) is 10.9. The SMILES string of the molecule is CN=C(NCCc1ccccc1)N1CC2OCCN(Cc3ccccc3)C2C1.I. The van der Waals surface area contributed by atoms with Gasteiger partial charge in [-0.3, -0.25) is 9.89 Å². The molecular weight excluding hydrogens is 475 g/mol. The molecule has 0 bridgehead atoms. The van der Waals surface area contributed by atoms with Gasteiger partial charge in [0.1, 0.15) is 0 Å². The van der Waals surface area contributed by atoms with Gasteiger partial charge >= 0.3 is 0 Å². The lowest BCUT2D eigenvalue weighted by molar-refractivity contribution is -0.0502. The van der Waals surface area contributed by atoms with Crippen molar-refractivity contribution < 1.29 is 4.74 Å². The van der Waals surface area contributed by atoms with E-state index in [1.165, 1.54) is 11.1 Å². The lowest BCUT2D eigenvalue weighted by Gasteiger charge is -2.36. The van der Waals surface area contributed by atoms with Crippen LogP contribution in [0.4, 0.5) is 0 Å².